The first kappa shape index (κ1) is 13.5. The lowest BCUT2D eigenvalue weighted by atomic mass is 9.93. The summed E-state index contributed by atoms with van der Waals surface area (Å²) in [6.45, 7) is 9.31. The third kappa shape index (κ3) is 3.28. The Morgan fingerprint density at radius 3 is 2.56 bits per heavy atom. The quantitative estimate of drug-likeness (QED) is 0.734. The molecule has 0 bridgehead atoms. The summed E-state index contributed by atoms with van der Waals surface area (Å²) in [4.78, 5) is 2.58. The highest BCUT2D eigenvalue weighted by molar-refractivity contribution is 5.48. The average Bonchev–Trinajstić information content (AvgIpc) is 2.39. The van der Waals surface area contributed by atoms with Crippen LogP contribution < -0.4 is 4.90 Å². The second kappa shape index (κ2) is 6.26. The van der Waals surface area contributed by atoms with E-state index in [1.165, 1.54) is 50.0 Å². The van der Waals surface area contributed by atoms with Gasteiger partial charge in [-0.25, -0.2) is 0 Å². The van der Waals surface area contributed by atoms with E-state index in [2.05, 4.69) is 49.9 Å². The molecule has 100 valence electrons. The van der Waals surface area contributed by atoms with Crippen LogP contribution in [0.25, 0.3) is 0 Å². The van der Waals surface area contributed by atoms with Crippen molar-refractivity contribution in [2.75, 3.05) is 18.0 Å². The number of hydrogen-bond acceptors (Lipinski definition) is 1. The first-order chi connectivity index (χ1) is 8.70. The predicted octanol–water partition coefficient (Wildman–Crippen LogP) is 4.83. The summed E-state index contributed by atoms with van der Waals surface area (Å²) >= 11 is 0. The lowest BCUT2D eigenvalue weighted by Crippen LogP contribution is -2.35. The van der Waals surface area contributed by atoms with Gasteiger partial charge in [-0.15, -0.1) is 0 Å². The number of hydrogen-bond donors (Lipinski definition) is 0. The Labute approximate surface area is 112 Å². The van der Waals surface area contributed by atoms with E-state index in [9.17, 15) is 0 Å². The molecule has 1 unspecified atom stereocenters. The zero-order chi connectivity index (χ0) is 13.0. The molecular formula is C17H27N. The van der Waals surface area contributed by atoms with Crippen molar-refractivity contribution in [3.8, 4) is 0 Å². The van der Waals surface area contributed by atoms with Gasteiger partial charge in [0.2, 0.25) is 0 Å². The Morgan fingerprint density at radius 1 is 1.22 bits per heavy atom. The molecule has 0 amide bonds. The third-order valence-electron chi connectivity index (χ3n) is 4.14. The topological polar surface area (TPSA) is 3.24 Å². The van der Waals surface area contributed by atoms with E-state index in [4.69, 9.17) is 0 Å². The molecule has 0 aromatic heterocycles. The summed E-state index contributed by atoms with van der Waals surface area (Å²) in [5.74, 6) is 1.54. The van der Waals surface area contributed by atoms with E-state index in [0.717, 1.165) is 5.92 Å². The van der Waals surface area contributed by atoms with Crippen LogP contribution in [0.3, 0.4) is 0 Å². The average molecular weight is 245 g/mol. The summed E-state index contributed by atoms with van der Waals surface area (Å²) in [5.41, 5.74) is 2.86. The number of nitrogens with zero attached hydrogens (tertiary/aromatic N) is 1. The Morgan fingerprint density at radius 2 is 1.94 bits per heavy atom. The van der Waals surface area contributed by atoms with E-state index in [1.54, 1.807) is 0 Å². The van der Waals surface area contributed by atoms with Gasteiger partial charge in [-0.2, -0.15) is 0 Å². The van der Waals surface area contributed by atoms with Gasteiger partial charge in [-0.1, -0.05) is 39.3 Å². The van der Waals surface area contributed by atoms with Crippen LogP contribution in [0.15, 0.2) is 24.3 Å². The van der Waals surface area contributed by atoms with Crippen molar-refractivity contribution in [2.24, 2.45) is 5.92 Å². The third-order valence-corrected chi connectivity index (χ3v) is 4.14. The van der Waals surface area contributed by atoms with E-state index in [-0.39, 0.29) is 0 Å². The molecule has 1 saturated heterocycles. The number of rotatable bonds is 4. The van der Waals surface area contributed by atoms with Crippen molar-refractivity contribution < 1.29 is 0 Å². The van der Waals surface area contributed by atoms with Crippen molar-refractivity contribution in [3.05, 3.63) is 29.8 Å². The summed E-state index contributed by atoms with van der Waals surface area (Å²) < 4.78 is 0. The second-order valence-corrected chi connectivity index (χ2v) is 5.99. The Kier molecular flexibility index (Phi) is 4.68. The van der Waals surface area contributed by atoms with Gasteiger partial charge < -0.3 is 4.90 Å². The van der Waals surface area contributed by atoms with Crippen molar-refractivity contribution in [3.63, 3.8) is 0 Å². The lowest BCUT2D eigenvalue weighted by Gasteiger charge is -2.34. The van der Waals surface area contributed by atoms with Crippen LogP contribution in [0, 0.1) is 5.92 Å². The largest absolute Gasteiger partial charge is 0.371 e. The lowest BCUT2D eigenvalue weighted by molar-refractivity contribution is 0.388. The molecule has 1 aromatic carbocycles. The number of benzene rings is 1. The molecule has 1 aromatic rings. The van der Waals surface area contributed by atoms with Gasteiger partial charge in [-0.3, -0.25) is 0 Å². The molecule has 1 heteroatoms. The molecule has 1 nitrogen and oxygen atoms in total. The van der Waals surface area contributed by atoms with Gasteiger partial charge in [0.05, 0.1) is 0 Å². The SMILES string of the molecule is CCCC1CCCN(c2ccc(C(C)C)cc2)C1. The number of piperidine rings is 1. The summed E-state index contributed by atoms with van der Waals surface area (Å²) in [6.07, 6.45) is 5.50. The summed E-state index contributed by atoms with van der Waals surface area (Å²) in [5, 5.41) is 0. The monoisotopic (exact) mass is 245 g/mol. The van der Waals surface area contributed by atoms with Crippen LogP contribution >= 0.6 is 0 Å². The molecule has 1 fully saturated rings. The van der Waals surface area contributed by atoms with Gasteiger partial charge in [0.15, 0.2) is 0 Å². The zero-order valence-corrected chi connectivity index (χ0v) is 12.2. The van der Waals surface area contributed by atoms with Crippen molar-refractivity contribution in [1.82, 2.24) is 0 Å². The van der Waals surface area contributed by atoms with Crippen LogP contribution in [-0.2, 0) is 0 Å². The van der Waals surface area contributed by atoms with Gasteiger partial charge in [0.1, 0.15) is 0 Å². The normalized spacial score (nSPS) is 20.4. The van der Waals surface area contributed by atoms with Crippen LogP contribution in [-0.4, -0.2) is 13.1 Å². The molecule has 0 spiro atoms. The molecule has 1 heterocycles. The molecule has 0 saturated carbocycles. The van der Waals surface area contributed by atoms with Crippen LogP contribution in [0.2, 0.25) is 0 Å². The molecule has 0 radical (unpaired) electrons. The van der Waals surface area contributed by atoms with Crippen LogP contribution in [0.4, 0.5) is 5.69 Å². The first-order valence-electron chi connectivity index (χ1n) is 7.55. The van der Waals surface area contributed by atoms with Gasteiger partial charge in [-0.05, 0) is 48.8 Å². The maximum atomic E-state index is 2.58. The highest BCUT2D eigenvalue weighted by Gasteiger charge is 2.19. The van der Waals surface area contributed by atoms with E-state index < -0.39 is 0 Å². The van der Waals surface area contributed by atoms with Crippen LogP contribution in [0.5, 0.6) is 0 Å². The van der Waals surface area contributed by atoms with E-state index in [1.807, 2.05) is 0 Å². The van der Waals surface area contributed by atoms with Gasteiger partial charge >= 0.3 is 0 Å². The van der Waals surface area contributed by atoms with Gasteiger partial charge in [0.25, 0.3) is 0 Å². The fourth-order valence-electron chi connectivity index (χ4n) is 3.01. The zero-order valence-electron chi connectivity index (χ0n) is 12.2. The Bertz CT molecular complexity index is 350. The van der Waals surface area contributed by atoms with Crippen molar-refractivity contribution in [2.45, 2.75) is 52.4 Å². The minimum absolute atomic E-state index is 0.633. The van der Waals surface area contributed by atoms with E-state index in [0.29, 0.717) is 5.92 Å². The maximum absolute atomic E-state index is 2.58. The maximum Gasteiger partial charge on any atom is 0.0366 e. The second-order valence-electron chi connectivity index (χ2n) is 5.99. The fraction of sp³-hybridized carbons (Fsp3) is 0.647. The van der Waals surface area contributed by atoms with Gasteiger partial charge in [0, 0.05) is 18.8 Å². The molecular weight excluding hydrogens is 218 g/mol. The molecule has 2 rings (SSSR count). The fourth-order valence-corrected chi connectivity index (χ4v) is 3.01. The summed E-state index contributed by atoms with van der Waals surface area (Å²) in [6, 6.07) is 9.21. The predicted molar refractivity (Wildman–Crippen MR) is 80.4 cm³/mol. The van der Waals surface area contributed by atoms with Crippen molar-refractivity contribution >= 4 is 5.69 Å². The van der Waals surface area contributed by atoms with E-state index >= 15 is 0 Å². The first-order valence-corrected chi connectivity index (χ1v) is 7.55. The minimum Gasteiger partial charge on any atom is -0.371 e. The molecule has 1 aliphatic rings. The summed E-state index contributed by atoms with van der Waals surface area (Å²) in [7, 11) is 0. The smallest absolute Gasteiger partial charge is 0.0366 e. The minimum atomic E-state index is 0.633. The molecule has 1 aliphatic heterocycles. The van der Waals surface area contributed by atoms with Crippen LogP contribution in [0.1, 0.15) is 57.9 Å². The molecule has 18 heavy (non-hydrogen) atoms. The molecule has 1 atom stereocenters. The Hall–Kier alpha value is -0.980. The highest BCUT2D eigenvalue weighted by atomic mass is 15.1. The number of anilines is 1. The molecule has 0 N–H and O–H groups in total. The van der Waals surface area contributed by atoms with Crippen molar-refractivity contribution in [1.29, 1.82) is 0 Å². The molecule has 0 aliphatic carbocycles. The highest BCUT2D eigenvalue weighted by Crippen LogP contribution is 2.27. The Balaban J connectivity index is 2.02. The standard InChI is InChI=1S/C17H27N/c1-4-6-15-7-5-12-18(13-15)17-10-8-16(9-11-17)14(2)3/h8-11,14-15H,4-7,12-13H2,1-3H3.